The van der Waals surface area contributed by atoms with Crippen LogP contribution in [0, 0.1) is 0 Å². The van der Waals surface area contributed by atoms with Crippen molar-refractivity contribution in [3.05, 3.63) is 182 Å². The van der Waals surface area contributed by atoms with Crippen molar-refractivity contribution in [2.24, 2.45) is 0 Å². The molecular weight excluding hydrogens is 536 g/mol. The average Bonchev–Trinajstić information content (AvgIpc) is 3.74. The van der Waals surface area contributed by atoms with Crippen molar-refractivity contribution in [3.8, 4) is 55.6 Å². The molecule has 0 N–H and O–H groups in total. The molecule has 0 unspecified atom stereocenters. The Kier molecular flexibility index (Phi) is 9.24. The van der Waals surface area contributed by atoms with Gasteiger partial charge in [0.25, 0.3) is 0 Å². The zero-order chi connectivity index (χ0) is 27.0. The molecule has 0 aliphatic carbocycles. The number of hydrogen-bond donors (Lipinski definition) is 0. The van der Waals surface area contributed by atoms with Crippen molar-refractivity contribution in [1.82, 2.24) is 0 Å². The quantitative estimate of drug-likeness (QED) is 0.144. The molecule has 198 valence electrons. The predicted octanol–water partition coefficient (Wildman–Crippen LogP) is 11.1. The average molecular weight is 567 g/mol. The van der Waals surface area contributed by atoms with Crippen LogP contribution in [0.3, 0.4) is 0 Å². The summed E-state index contributed by atoms with van der Waals surface area (Å²) >= 11 is 0. The van der Waals surface area contributed by atoms with Crippen molar-refractivity contribution < 1.29 is 17.1 Å². The molecule has 0 radical (unpaired) electrons. The zero-order valence-electron chi connectivity index (χ0n) is 22.7. The Morgan fingerprint density at radius 1 is 0.341 bits per heavy atom. The minimum absolute atomic E-state index is 0. The van der Waals surface area contributed by atoms with Gasteiger partial charge in [0.1, 0.15) is 0 Å². The molecule has 0 fully saturated rings. The molecule has 0 atom stereocenters. The van der Waals surface area contributed by atoms with Crippen LogP contribution in [0.2, 0.25) is 0 Å². The normalized spacial score (nSPS) is 10.2. The van der Waals surface area contributed by atoms with E-state index in [1.54, 1.807) is 0 Å². The third kappa shape index (κ3) is 6.08. The van der Waals surface area contributed by atoms with Crippen LogP contribution >= 0.6 is 0 Å². The molecule has 7 aromatic rings. The van der Waals surface area contributed by atoms with Crippen molar-refractivity contribution in [1.29, 1.82) is 0 Å². The van der Waals surface area contributed by atoms with Gasteiger partial charge < -0.3 is 0 Å². The number of rotatable bonds is 5. The van der Waals surface area contributed by atoms with Gasteiger partial charge in [0, 0.05) is 0 Å². The Hall–Kier alpha value is -4.68. The van der Waals surface area contributed by atoms with Gasteiger partial charge in [0.2, 0.25) is 0 Å². The van der Waals surface area contributed by atoms with Crippen molar-refractivity contribution in [3.63, 3.8) is 0 Å². The van der Waals surface area contributed by atoms with E-state index < -0.39 is 0 Å². The van der Waals surface area contributed by atoms with E-state index >= 15 is 0 Å². The van der Waals surface area contributed by atoms with E-state index in [1.165, 1.54) is 55.6 Å². The summed E-state index contributed by atoms with van der Waals surface area (Å²) in [7, 11) is 0. The van der Waals surface area contributed by atoms with Crippen LogP contribution in [0.4, 0.5) is 0 Å². The maximum atomic E-state index is 2.23. The van der Waals surface area contributed by atoms with Gasteiger partial charge in [-0.2, -0.15) is 18.2 Å². The van der Waals surface area contributed by atoms with E-state index in [-0.39, 0.29) is 17.1 Å². The molecule has 0 bridgehead atoms. The van der Waals surface area contributed by atoms with Gasteiger partial charge >= 0.3 is 17.1 Å². The fraction of sp³-hybridized carbons (Fsp3) is 0. The zero-order valence-corrected chi connectivity index (χ0v) is 23.8. The van der Waals surface area contributed by atoms with Crippen LogP contribution < -0.4 is 0 Å². The first kappa shape index (κ1) is 27.9. The fourth-order valence-corrected chi connectivity index (χ4v) is 5.41. The summed E-state index contributed by atoms with van der Waals surface area (Å²) < 4.78 is 0. The van der Waals surface area contributed by atoms with Gasteiger partial charge in [0.15, 0.2) is 0 Å². The number of hydrogen-bond acceptors (Lipinski definition) is 0. The monoisotopic (exact) mass is 566 g/mol. The molecule has 0 aliphatic rings. The Morgan fingerprint density at radius 2 is 0.659 bits per heavy atom. The summed E-state index contributed by atoms with van der Waals surface area (Å²) in [5, 5.41) is 0. The second kappa shape index (κ2) is 13.6. The van der Waals surface area contributed by atoms with Crippen LogP contribution in [0.1, 0.15) is 0 Å². The van der Waals surface area contributed by atoms with Crippen molar-refractivity contribution >= 4 is 0 Å². The first-order valence-corrected chi connectivity index (χ1v) is 13.7. The molecular formula is C40H30Fe. The van der Waals surface area contributed by atoms with Crippen LogP contribution in [0.15, 0.2) is 182 Å². The third-order valence-electron chi connectivity index (χ3n) is 7.12. The maximum absolute atomic E-state index is 2.23. The van der Waals surface area contributed by atoms with E-state index in [4.69, 9.17) is 0 Å². The molecule has 0 aliphatic heterocycles. The minimum atomic E-state index is 0. The van der Waals surface area contributed by atoms with E-state index in [9.17, 15) is 0 Å². The Bertz CT molecular complexity index is 1420. The Balaban J connectivity index is 0.000000510. The summed E-state index contributed by atoms with van der Waals surface area (Å²) in [6.45, 7) is 0. The standard InChI is InChI=1S/C35H25.C5H5.Fe/c1-6-16-26(17-7-1)31-32(27-18-8-2-9-19-27)34(29-22-12-4-13-23-29)35(30-24-14-5-15-25-30)33(31)28-20-10-3-11-21-28;1-2-4-5-3-1;/h1-25H;1-5H;/q2*-1;+2. The summed E-state index contributed by atoms with van der Waals surface area (Å²) in [6, 6.07) is 64.1. The molecule has 0 heterocycles. The van der Waals surface area contributed by atoms with Gasteiger partial charge in [0.05, 0.1) is 0 Å². The smallest absolute Gasteiger partial charge is 0.214 e. The summed E-state index contributed by atoms with van der Waals surface area (Å²) in [4.78, 5) is 0. The van der Waals surface area contributed by atoms with Crippen LogP contribution in [0.25, 0.3) is 55.6 Å². The largest absolute Gasteiger partial charge is 2.00 e. The summed E-state index contributed by atoms with van der Waals surface area (Å²) in [5.74, 6) is 0. The van der Waals surface area contributed by atoms with E-state index in [1.807, 2.05) is 30.3 Å². The SMILES string of the molecule is [Fe+2].c1cc[cH-]c1.c1ccc(-c2c(-c3ccccc3)c(-c3ccccc3)[c-](-c3ccccc3)c2-c2ccccc2)cc1. The van der Waals surface area contributed by atoms with Gasteiger partial charge in [-0.05, 0) is 11.1 Å². The molecule has 0 saturated carbocycles. The molecule has 0 aromatic heterocycles. The third-order valence-corrected chi connectivity index (χ3v) is 7.12. The Morgan fingerprint density at radius 3 is 0.976 bits per heavy atom. The molecule has 0 spiro atoms. The topological polar surface area (TPSA) is 0 Å². The van der Waals surface area contributed by atoms with Gasteiger partial charge in [-0.15, -0.1) is 0 Å². The minimum Gasteiger partial charge on any atom is -0.214 e. The molecule has 41 heavy (non-hydrogen) atoms. The summed E-state index contributed by atoms with van der Waals surface area (Å²) in [6.07, 6.45) is 0. The molecule has 1 heteroatoms. The molecule has 0 saturated heterocycles. The molecule has 7 rings (SSSR count). The van der Waals surface area contributed by atoms with Crippen molar-refractivity contribution in [2.45, 2.75) is 0 Å². The van der Waals surface area contributed by atoms with Gasteiger partial charge in [-0.3, -0.25) is 0 Å². The maximum Gasteiger partial charge on any atom is 2.00 e. The van der Waals surface area contributed by atoms with Crippen molar-refractivity contribution in [2.75, 3.05) is 0 Å². The van der Waals surface area contributed by atoms with Gasteiger partial charge in [-0.25, -0.2) is 12.1 Å². The van der Waals surface area contributed by atoms with E-state index in [0.29, 0.717) is 0 Å². The second-order valence-corrected chi connectivity index (χ2v) is 9.67. The Labute approximate surface area is 253 Å². The number of benzene rings is 5. The van der Waals surface area contributed by atoms with E-state index in [2.05, 4.69) is 152 Å². The second-order valence-electron chi connectivity index (χ2n) is 9.67. The van der Waals surface area contributed by atoms with Crippen LogP contribution in [-0.4, -0.2) is 0 Å². The van der Waals surface area contributed by atoms with Gasteiger partial charge in [-0.1, -0.05) is 196 Å². The molecule has 0 nitrogen and oxygen atoms in total. The van der Waals surface area contributed by atoms with E-state index in [0.717, 1.165) is 0 Å². The fourth-order valence-electron chi connectivity index (χ4n) is 5.41. The molecule has 0 amide bonds. The van der Waals surface area contributed by atoms with Crippen LogP contribution in [-0.2, 0) is 17.1 Å². The summed E-state index contributed by atoms with van der Waals surface area (Å²) in [5.41, 5.74) is 12.5. The first-order chi connectivity index (χ1) is 19.9. The van der Waals surface area contributed by atoms with Crippen LogP contribution in [0.5, 0.6) is 0 Å². The predicted molar refractivity (Wildman–Crippen MR) is 171 cm³/mol. The first-order valence-electron chi connectivity index (χ1n) is 13.7. The molecule has 7 aromatic carbocycles.